The summed E-state index contributed by atoms with van der Waals surface area (Å²) in [6.45, 7) is 2.39. The molecule has 0 aliphatic carbocycles. The minimum absolute atomic E-state index is 0.0349. The largest absolute Gasteiger partial charge is 0.490 e. The molecule has 8 nitrogen and oxygen atoms in total. The van der Waals surface area contributed by atoms with Gasteiger partial charge in [-0.15, -0.1) is 0 Å². The molecule has 0 unspecified atom stereocenters. The Hall–Kier alpha value is -2.95. The predicted octanol–water partition coefficient (Wildman–Crippen LogP) is 3.57. The summed E-state index contributed by atoms with van der Waals surface area (Å²) >= 11 is 0. The SMILES string of the molecule is Cc1c(OC2CCN(C(=O)O)CC2)ccnc1Oc1cc(F)c(CCS(C)(=O)=O)cc1F. The topological polar surface area (TPSA) is 106 Å². The molecule has 3 rings (SSSR count). The van der Waals surface area contributed by atoms with Crippen molar-refractivity contribution < 1.29 is 36.6 Å². The van der Waals surface area contributed by atoms with Crippen molar-refractivity contribution in [3.63, 3.8) is 0 Å². The van der Waals surface area contributed by atoms with E-state index in [1.807, 2.05) is 0 Å². The number of likely N-dealkylation sites (tertiary alicyclic amines) is 1. The fourth-order valence-corrected chi connectivity index (χ4v) is 3.90. The molecule has 0 radical (unpaired) electrons. The molecule has 1 aromatic heterocycles. The molecule has 1 amide bonds. The van der Waals surface area contributed by atoms with Crippen LogP contribution in [0, 0.1) is 18.6 Å². The fourth-order valence-electron chi connectivity index (χ4n) is 3.31. The molecule has 2 heterocycles. The molecule has 1 aromatic carbocycles. The van der Waals surface area contributed by atoms with Crippen molar-refractivity contribution in [3.8, 4) is 17.4 Å². The summed E-state index contributed by atoms with van der Waals surface area (Å²) in [4.78, 5) is 16.4. The Morgan fingerprint density at radius 1 is 1.22 bits per heavy atom. The molecule has 11 heteroatoms. The van der Waals surface area contributed by atoms with Crippen LogP contribution >= 0.6 is 0 Å². The summed E-state index contributed by atoms with van der Waals surface area (Å²) in [5.74, 6) is -1.81. The highest BCUT2D eigenvalue weighted by Gasteiger charge is 2.24. The van der Waals surface area contributed by atoms with Gasteiger partial charge in [0.25, 0.3) is 0 Å². The van der Waals surface area contributed by atoms with Gasteiger partial charge in [0, 0.05) is 44.5 Å². The number of carboxylic acid groups (broad SMARTS) is 1. The van der Waals surface area contributed by atoms with Crippen LogP contribution in [-0.4, -0.2) is 60.7 Å². The Balaban J connectivity index is 1.72. The number of carbonyl (C=O) groups is 1. The lowest BCUT2D eigenvalue weighted by Gasteiger charge is -2.30. The molecule has 1 aliphatic rings. The first-order chi connectivity index (χ1) is 15.0. The van der Waals surface area contributed by atoms with Crippen molar-refractivity contribution in [1.82, 2.24) is 9.88 Å². The number of benzene rings is 1. The van der Waals surface area contributed by atoms with Crippen LogP contribution in [0.15, 0.2) is 24.4 Å². The van der Waals surface area contributed by atoms with E-state index in [0.29, 0.717) is 37.2 Å². The van der Waals surface area contributed by atoms with Gasteiger partial charge in [-0.2, -0.15) is 0 Å². The summed E-state index contributed by atoms with van der Waals surface area (Å²) in [6.07, 6.45) is 2.19. The second kappa shape index (κ2) is 9.68. The Labute approximate surface area is 184 Å². The van der Waals surface area contributed by atoms with Crippen molar-refractivity contribution in [1.29, 1.82) is 0 Å². The standard InChI is InChI=1S/C21H24F2N2O6S/c1-13-18(30-15-4-8-25(9-5-15)21(26)27)3-7-24-20(13)31-19-12-16(22)14(11-17(19)23)6-10-32(2,28)29/h3,7,11-12,15H,4-6,8-10H2,1-2H3,(H,26,27). The van der Waals surface area contributed by atoms with Gasteiger partial charge in [0.05, 0.1) is 11.3 Å². The summed E-state index contributed by atoms with van der Waals surface area (Å²) in [5.41, 5.74) is 0.420. The van der Waals surface area contributed by atoms with Gasteiger partial charge in [0.15, 0.2) is 11.6 Å². The zero-order valence-electron chi connectivity index (χ0n) is 17.7. The van der Waals surface area contributed by atoms with Crippen LogP contribution in [0.2, 0.25) is 0 Å². The maximum Gasteiger partial charge on any atom is 0.407 e. The molecule has 0 spiro atoms. The smallest absolute Gasteiger partial charge is 0.407 e. The van der Waals surface area contributed by atoms with Crippen molar-refractivity contribution in [2.45, 2.75) is 32.3 Å². The molecule has 174 valence electrons. The molecular formula is C21H24F2N2O6S. The van der Waals surface area contributed by atoms with Crippen LogP contribution < -0.4 is 9.47 Å². The Bertz CT molecular complexity index is 1100. The second-order valence-corrected chi connectivity index (χ2v) is 9.94. The van der Waals surface area contributed by atoms with E-state index in [4.69, 9.17) is 14.6 Å². The molecule has 1 saturated heterocycles. The van der Waals surface area contributed by atoms with E-state index in [-0.39, 0.29) is 35.5 Å². The molecule has 1 aliphatic heterocycles. The van der Waals surface area contributed by atoms with Crippen LogP contribution in [0.1, 0.15) is 24.0 Å². The number of halogens is 2. The first-order valence-corrected chi connectivity index (χ1v) is 12.0. The van der Waals surface area contributed by atoms with E-state index in [1.54, 1.807) is 13.0 Å². The molecule has 0 bridgehead atoms. The van der Waals surface area contributed by atoms with Gasteiger partial charge in [-0.3, -0.25) is 0 Å². The molecular weight excluding hydrogens is 446 g/mol. The fraction of sp³-hybridized carbons (Fsp3) is 0.429. The number of nitrogens with zero attached hydrogens (tertiary/aromatic N) is 2. The molecule has 1 fully saturated rings. The average Bonchev–Trinajstić information content (AvgIpc) is 2.72. The lowest BCUT2D eigenvalue weighted by Crippen LogP contribution is -2.41. The normalized spacial score (nSPS) is 14.9. The minimum Gasteiger partial charge on any atom is -0.490 e. The third-order valence-corrected chi connectivity index (χ3v) is 6.11. The van der Waals surface area contributed by atoms with Crippen molar-refractivity contribution in [2.75, 3.05) is 25.1 Å². The zero-order chi connectivity index (χ0) is 23.5. The zero-order valence-corrected chi connectivity index (χ0v) is 18.5. The molecule has 0 saturated carbocycles. The van der Waals surface area contributed by atoms with Gasteiger partial charge in [-0.05, 0) is 31.0 Å². The Kier molecular flexibility index (Phi) is 7.17. The van der Waals surface area contributed by atoms with Crippen LogP contribution in [-0.2, 0) is 16.3 Å². The van der Waals surface area contributed by atoms with Crippen molar-refractivity contribution in [3.05, 3.63) is 47.2 Å². The number of sulfone groups is 1. The van der Waals surface area contributed by atoms with Crippen LogP contribution in [0.3, 0.4) is 0 Å². The number of pyridine rings is 1. The lowest BCUT2D eigenvalue weighted by atomic mass is 10.1. The van der Waals surface area contributed by atoms with Crippen molar-refractivity contribution in [2.24, 2.45) is 0 Å². The number of hydrogen-bond donors (Lipinski definition) is 1. The van der Waals surface area contributed by atoms with E-state index in [9.17, 15) is 22.0 Å². The summed E-state index contributed by atoms with van der Waals surface area (Å²) < 4.78 is 62.9. The van der Waals surface area contributed by atoms with Gasteiger partial charge in [-0.25, -0.2) is 27.0 Å². The summed E-state index contributed by atoms with van der Waals surface area (Å²) in [5, 5.41) is 9.04. The Morgan fingerprint density at radius 2 is 1.91 bits per heavy atom. The predicted molar refractivity (Wildman–Crippen MR) is 112 cm³/mol. The second-order valence-electron chi connectivity index (χ2n) is 7.68. The highest BCUT2D eigenvalue weighted by Crippen LogP contribution is 2.33. The maximum absolute atomic E-state index is 14.5. The van der Waals surface area contributed by atoms with E-state index in [2.05, 4.69) is 4.98 Å². The molecule has 2 aromatic rings. The van der Waals surface area contributed by atoms with Gasteiger partial charge < -0.3 is 19.5 Å². The number of piperidine rings is 1. The van der Waals surface area contributed by atoms with E-state index in [1.165, 1.54) is 11.1 Å². The van der Waals surface area contributed by atoms with Gasteiger partial charge in [0.2, 0.25) is 5.88 Å². The quantitative estimate of drug-likeness (QED) is 0.659. The van der Waals surface area contributed by atoms with Crippen LogP contribution in [0.4, 0.5) is 13.6 Å². The first kappa shape index (κ1) is 23.7. The first-order valence-electron chi connectivity index (χ1n) is 9.97. The minimum atomic E-state index is -3.32. The van der Waals surface area contributed by atoms with E-state index >= 15 is 0 Å². The lowest BCUT2D eigenvalue weighted by molar-refractivity contribution is 0.0889. The number of rotatable bonds is 7. The number of aryl methyl sites for hydroxylation is 1. The number of aromatic nitrogens is 1. The Morgan fingerprint density at radius 3 is 2.53 bits per heavy atom. The molecule has 0 atom stereocenters. The average molecular weight is 470 g/mol. The van der Waals surface area contributed by atoms with Gasteiger partial charge in [0.1, 0.15) is 27.5 Å². The monoisotopic (exact) mass is 470 g/mol. The summed E-state index contributed by atoms with van der Waals surface area (Å²) in [7, 11) is -3.32. The molecule has 1 N–H and O–H groups in total. The highest BCUT2D eigenvalue weighted by atomic mass is 32.2. The molecule has 32 heavy (non-hydrogen) atoms. The number of amides is 1. The highest BCUT2D eigenvalue weighted by molar-refractivity contribution is 7.90. The van der Waals surface area contributed by atoms with E-state index in [0.717, 1.165) is 18.4 Å². The van der Waals surface area contributed by atoms with Crippen LogP contribution in [0.25, 0.3) is 0 Å². The number of ether oxygens (including phenoxy) is 2. The van der Waals surface area contributed by atoms with Gasteiger partial charge in [-0.1, -0.05) is 0 Å². The summed E-state index contributed by atoms with van der Waals surface area (Å²) in [6, 6.07) is 3.40. The van der Waals surface area contributed by atoms with Crippen LogP contribution in [0.5, 0.6) is 17.4 Å². The van der Waals surface area contributed by atoms with Crippen molar-refractivity contribution >= 4 is 15.9 Å². The van der Waals surface area contributed by atoms with Gasteiger partial charge >= 0.3 is 6.09 Å². The third-order valence-electron chi connectivity index (χ3n) is 5.16. The maximum atomic E-state index is 14.5. The van der Waals surface area contributed by atoms with E-state index < -0.39 is 27.6 Å². The number of hydrogen-bond acceptors (Lipinski definition) is 6. The third kappa shape index (κ3) is 6.06.